The minimum absolute atomic E-state index is 0.0435. The van der Waals surface area contributed by atoms with Gasteiger partial charge in [-0.05, 0) is 76.0 Å². The van der Waals surface area contributed by atoms with Gasteiger partial charge in [0.05, 0.1) is 75.3 Å². The average Bonchev–Trinajstić information content (AvgIpc) is 3.87. The first-order chi connectivity index (χ1) is 21.9. The fourth-order valence-corrected chi connectivity index (χ4v) is 9.85. The van der Waals surface area contributed by atoms with Crippen LogP contribution in [0.1, 0.15) is 64.2 Å². The summed E-state index contributed by atoms with van der Waals surface area (Å²) < 4.78 is 46.7. The SMILES string of the molecule is O=C(OCC1CCC2OC2C1)C1C(=O)OCC2CCC3OC3C23C(CCC2OC23)COC(=O)C1C(=O)OCC1CCC2OC2C1. The molecule has 45 heavy (non-hydrogen) atoms. The van der Waals surface area contributed by atoms with E-state index in [-0.39, 0.29) is 86.7 Å². The van der Waals surface area contributed by atoms with E-state index in [1.807, 2.05) is 0 Å². The second-order valence-corrected chi connectivity index (χ2v) is 15.0. The van der Waals surface area contributed by atoms with E-state index in [0.29, 0.717) is 12.2 Å². The van der Waals surface area contributed by atoms with Crippen molar-refractivity contribution in [2.45, 2.75) is 113 Å². The van der Waals surface area contributed by atoms with Crippen molar-refractivity contribution in [2.24, 2.45) is 40.9 Å². The molecule has 0 amide bonds. The van der Waals surface area contributed by atoms with Crippen molar-refractivity contribution in [3.63, 3.8) is 0 Å². The zero-order chi connectivity index (χ0) is 30.4. The predicted molar refractivity (Wildman–Crippen MR) is 148 cm³/mol. The first-order valence-electron chi connectivity index (χ1n) is 17.2. The minimum Gasteiger partial charge on any atom is -0.465 e. The van der Waals surface area contributed by atoms with Gasteiger partial charge in [0.25, 0.3) is 0 Å². The number of ether oxygens (including phenoxy) is 8. The van der Waals surface area contributed by atoms with Crippen molar-refractivity contribution in [3.8, 4) is 0 Å². The maximum absolute atomic E-state index is 13.9. The smallest absolute Gasteiger partial charge is 0.321 e. The molecule has 9 fully saturated rings. The van der Waals surface area contributed by atoms with Crippen LogP contribution in [0.25, 0.3) is 0 Å². The summed E-state index contributed by atoms with van der Waals surface area (Å²) in [5.41, 5.74) is -0.448. The Morgan fingerprint density at radius 1 is 0.578 bits per heavy atom. The van der Waals surface area contributed by atoms with Gasteiger partial charge < -0.3 is 37.9 Å². The van der Waals surface area contributed by atoms with Crippen LogP contribution in [0.4, 0.5) is 0 Å². The number of cyclic esters (lactones) is 2. The Balaban J connectivity index is 0.972. The van der Waals surface area contributed by atoms with Crippen LogP contribution in [0.2, 0.25) is 0 Å². The zero-order valence-corrected chi connectivity index (χ0v) is 25.4. The van der Waals surface area contributed by atoms with Crippen LogP contribution < -0.4 is 0 Å². The van der Waals surface area contributed by atoms with Crippen LogP contribution in [-0.2, 0) is 57.1 Å². The summed E-state index contributed by atoms with van der Waals surface area (Å²) in [6.45, 7) is 0.236. The molecule has 14 unspecified atom stereocenters. The molecule has 0 N–H and O–H groups in total. The summed E-state index contributed by atoms with van der Waals surface area (Å²) in [5.74, 6) is -7.50. The molecule has 12 heteroatoms. The summed E-state index contributed by atoms with van der Waals surface area (Å²) in [5, 5.41) is 0. The highest BCUT2D eigenvalue weighted by molar-refractivity contribution is 6.07. The van der Waals surface area contributed by atoms with Crippen LogP contribution in [0.15, 0.2) is 0 Å². The minimum atomic E-state index is -1.82. The average molecular weight is 631 g/mol. The van der Waals surface area contributed by atoms with Gasteiger partial charge in [-0.3, -0.25) is 19.2 Å². The summed E-state index contributed by atoms with van der Waals surface area (Å²) in [7, 11) is 0. The van der Waals surface area contributed by atoms with Crippen molar-refractivity contribution < 1.29 is 57.1 Å². The first kappa shape index (κ1) is 28.9. The van der Waals surface area contributed by atoms with Gasteiger partial charge in [0.15, 0.2) is 11.8 Å². The lowest BCUT2D eigenvalue weighted by atomic mass is 9.54. The van der Waals surface area contributed by atoms with Crippen LogP contribution in [0.5, 0.6) is 0 Å². The van der Waals surface area contributed by atoms with E-state index in [1.165, 1.54) is 0 Å². The standard InChI is InChI=1S/C33H42O12/c34-29(38-11-15-1-5-19-23(9-15)42-19)25-26(30(35)39-12-16-2-6-20-24(10-16)43-20)32(37)41-14-18-4-8-22-28(45-22)33(18)17(13-40-31(25)36)3-7-21-27(33)44-21/h15-28H,1-14H2. The Bertz CT molecular complexity index is 1160. The van der Waals surface area contributed by atoms with Crippen molar-refractivity contribution in [1.29, 1.82) is 0 Å². The van der Waals surface area contributed by atoms with Gasteiger partial charge in [0.2, 0.25) is 0 Å². The lowest BCUT2D eigenvalue weighted by molar-refractivity contribution is -0.181. The molecule has 4 saturated carbocycles. The van der Waals surface area contributed by atoms with Crippen LogP contribution in [0, 0.1) is 40.9 Å². The Kier molecular flexibility index (Phi) is 6.99. The molecule has 0 aromatic rings. The van der Waals surface area contributed by atoms with E-state index in [4.69, 9.17) is 37.9 Å². The van der Waals surface area contributed by atoms with Crippen LogP contribution >= 0.6 is 0 Å². The monoisotopic (exact) mass is 630 g/mol. The van der Waals surface area contributed by atoms with Crippen molar-refractivity contribution in [1.82, 2.24) is 0 Å². The molecule has 4 aliphatic carbocycles. The highest BCUT2D eigenvalue weighted by Gasteiger charge is 2.74. The van der Waals surface area contributed by atoms with Gasteiger partial charge in [-0.15, -0.1) is 0 Å². The Morgan fingerprint density at radius 2 is 1.02 bits per heavy atom. The van der Waals surface area contributed by atoms with E-state index in [9.17, 15) is 19.2 Å². The van der Waals surface area contributed by atoms with Crippen LogP contribution in [0.3, 0.4) is 0 Å². The lowest BCUT2D eigenvalue weighted by Crippen LogP contribution is -2.55. The molecule has 12 nitrogen and oxygen atoms in total. The number of rotatable bonds is 6. The van der Waals surface area contributed by atoms with Crippen molar-refractivity contribution in [2.75, 3.05) is 26.4 Å². The number of carbonyl (C=O) groups is 4. The first-order valence-corrected chi connectivity index (χ1v) is 17.2. The Hall–Kier alpha value is -2.28. The molecular formula is C33H42O12. The summed E-state index contributed by atoms with van der Waals surface area (Å²) in [6, 6.07) is 0. The molecule has 0 aromatic heterocycles. The molecule has 1 spiro atoms. The third-order valence-electron chi connectivity index (χ3n) is 12.5. The zero-order valence-electron chi connectivity index (χ0n) is 25.4. The summed E-state index contributed by atoms with van der Waals surface area (Å²) >= 11 is 0. The third-order valence-corrected chi connectivity index (χ3v) is 12.5. The number of hydrogen-bond acceptors (Lipinski definition) is 12. The number of fused-ring (bicyclic) bond motifs is 4. The second-order valence-electron chi connectivity index (χ2n) is 15.0. The molecule has 9 rings (SSSR count). The summed E-state index contributed by atoms with van der Waals surface area (Å²) in [6.07, 6.45) is 9.37. The van der Waals surface area contributed by atoms with E-state index in [0.717, 1.165) is 64.2 Å². The third kappa shape index (κ3) is 5.09. The van der Waals surface area contributed by atoms with Crippen LogP contribution in [-0.4, -0.2) is 99.1 Å². The molecule has 0 radical (unpaired) electrons. The molecule has 0 aromatic carbocycles. The normalized spacial score (nSPS) is 50.6. The van der Waals surface area contributed by atoms with Gasteiger partial charge in [-0.2, -0.15) is 0 Å². The van der Waals surface area contributed by atoms with Crippen molar-refractivity contribution in [3.05, 3.63) is 0 Å². The Morgan fingerprint density at radius 3 is 1.47 bits per heavy atom. The topological polar surface area (TPSA) is 155 Å². The lowest BCUT2D eigenvalue weighted by Gasteiger charge is -2.48. The highest BCUT2D eigenvalue weighted by atomic mass is 16.6. The maximum atomic E-state index is 13.9. The highest BCUT2D eigenvalue weighted by Crippen LogP contribution is 2.66. The fraction of sp³-hybridized carbons (Fsp3) is 0.879. The van der Waals surface area contributed by atoms with Gasteiger partial charge in [0.1, 0.15) is 0 Å². The maximum Gasteiger partial charge on any atom is 0.321 e. The molecule has 9 aliphatic rings. The number of esters is 4. The molecule has 5 saturated heterocycles. The predicted octanol–water partition coefficient (Wildman–Crippen LogP) is 1.88. The van der Waals surface area contributed by atoms with Gasteiger partial charge in [0, 0.05) is 17.3 Å². The number of hydrogen-bond donors (Lipinski definition) is 0. The fourth-order valence-electron chi connectivity index (χ4n) is 9.85. The van der Waals surface area contributed by atoms with E-state index < -0.39 is 41.1 Å². The van der Waals surface area contributed by atoms with Gasteiger partial charge in [-0.25, -0.2) is 0 Å². The molecule has 0 bridgehead atoms. The Labute approximate surface area is 261 Å². The molecule has 5 aliphatic heterocycles. The largest absolute Gasteiger partial charge is 0.465 e. The van der Waals surface area contributed by atoms with E-state index in [2.05, 4.69) is 0 Å². The van der Waals surface area contributed by atoms with Crippen molar-refractivity contribution >= 4 is 23.9 Å². The second kappa shape index (κ2) is 10.9. The van der Waals surface area contributed by atoms with Gasteiger partial charge in [-0.1, -0.05) is 0 Å². The molecule has 246 valence electrons. The molecule has 14 atom stereocenters. The quantitative estimate of drug-likeness (QED) is 0.182. The summed E-state index contributed by atoms with van der Waals surface area (Å²) in [4.78, 5) is 55.2. The van der Waals surface area contributed by atoms with E-state index >= 15 is 0 Å². The van der Waals surface area contributed by atoms with E-state index in [1.54, 1.807) is 0 Å². The van der Waals surface area contributed by atoms with Gasteiger partial charge >= 0.3 is 23.9 Å². The molecule has 5 heterocycles. The number of carbonyl (C=O) groups excluding carboxylic acids is 4. The number of epoxide rings is 4. The molecular weight excluding hydrogens is 588 g/mol.